The first-order valence-corrected chi connectivity index (χ1v) is 6.80. The smallest absolute Gasteiger partial charge is 0.161 e. The average Bonchev–Trinajstić information content (AvgIpc) is 2.38. The molecule has 4 N–H and O–H groups in total. The van der Waals surface area contributed by atoms with E-state index in [1.807, 2.05) is 12.1 Å². The highest BCUT2D eigenvalue weighted by Gasteiger charge is 2.14. The van der Waals surface area contributed by atoms with Crippen molar-refractivity contribution in [3.8, 4) is 11.5 Å². The predicted molar refractivity (Wildman–Crippen MR) is 77.1 cm³/mol. The maximum atomic E-state index is 6.18. The zero-order valence-electron chi connectivity index (χ0n) is 10.9. The molecule has 0 radical (unpaired) electrons. The molecule has 1 aromatic rings. The van der Waals surface area contributed by atoms with E-state index in [1.165, 1.54) is 0 Å². The third kappa shape index (κ3) is 3.86. The van der Waals surface area contributed by atoms with Crippen LogP contribution in [0.3, 0.4) is 0 Å². The minimum Gasteiger partial charge on any atom is -0.493 e. The van der Waals surface area contributed by atoms with E-state index in [4.69, 9.17) is 20.9 Å². The molecule has 18 heavy (non-hydrogen) atoms. The summed E-state index contributed by atoms with van der Waals surface area (Å²) in [6, 6.07) is 3.79. The van der Waals surface area contributed by atoms with E-state index in [2.05, 4.69) is 15.9 Å². The summed E-state index contributed by atoms with van der Waals surface area (Å²) in [5.41, 5.74) is 12.7. The van der Waals surface area contributed by atoms with Crippen molar-refractivity contribution in [2.24, 2.45) is 11.5 Å². The van der Waals surface area contributed by atoms with Crippen molar-refractivity contribution in [2.45, 2.75) is 25.3 Å². The van der Waals surface area contributed by atoms with Crippen molar-refractivity contribution < 1.29 is 9.47 Å². The summed E-state index contributed by atoms with van der Waals surface area (Å²) in [4.78, 5) is 0. The molecule has 0 amide bonds. The molecule has 102 valence electrons. The molecule has 0 saturated heterocycles. The zero-order valence-corrected chi connectivity index (χ0v) is 12.5. The molecule has 0 heterocycles. The van der Waals surface area contributed by atoms with Crippen LogP contribution >= 0.6 is 15.9 Å². The van der Waals surface area contributed by atoms with E-state index in [0.717, 1.165) is 29.3 Å². The van der Waals surface area contributed by atoms with Crippen LogP contribution in [0.1, 0.15) is 30.9 Å². The van der Waals surface area contributed by atoms with Gasteiger partial charge in [-0.25, -0.2) is 0 Å². The number of rotatable bonds is 7. The monoisotopic (exact) mass is 316 g/mol. The first-order valence-electron chi connectivity index (χ1n) is 6.01. The van der Waals surface area contributed by atoms with Gasteiger partial charge in [0, 0.05) is 10.5 Å². The van der Waals surface area contributed by atoms with Gasteiger partial charge in [-0.15, -0.1) is 0 Å². The molecule has 0 bridgehead atoms. The van der Waals surface area contributed by atoms with Crippen molar-refractivity contribution in [2.75, 3.05) is 20.8 Å². The minimum atomic E-state index is -0.0225. The van der Waals surface area contributed by atoms with Crippen LogP contribution in [-0.2, 0) is 0 Å². The van der Waals surface area contributed by atoms with Crippen molar-refractivity contribution in [3.05, 3.63) is 22.2 Å². The maximum absolute atomic E-state index is 6.18. The third-order valence-corrected chi connectivity index (χ3v) is 3.56. The van der Waals surface area contributed by atoms with Gasteiger partial charge in [-0.3, -0.25) is 0 Å². The lowest BCUT2D eigenvalue weighted by Crippen LogP contribution is -2.12. The highest BCUT2D eigenvalue weighted by atomic mass is 79.9. The Morgan fingerprint density at radius 2 is 1.78 bits per heavy atom. The van der Waals surface area contributed by atoms with Crippen LogP contribution < -0.4 is 20.9 Å². The van der Waals surface area contributed by atoms with Crippen molar-refractivity contribution in [3.63, 3.8) is 0 Å². The summed E-state index contributed by atoms with van der Waals surface area (Å²) in [6.07, 6.45) is 2.93. The molecule has 1 atom stereocenters. The lowest BCUT2D eigenvalue weighted by molar-refractivity contribution is 0.353. The fraction of sp³-hybridized carbons (Fsp3) is 0.538. The average molecular weight is 317 g/mol. The Morgan fingerprint density at radius 1 is 1.17 bits per heavy atom. The molecule has 4 nitrogen and oxygen atoms in total. The number of hydrogen-bond acceptors (Lipinski definition) is 4. The van der Waals surface area contributed by atoms with Gasteiger partial charge in [-0.05, 0) is 37.1 Å². The van der Waals surface area contributed by atoms with Gasteiger partial charge < -0.3 is 20.9 Å². The first-order chi connectivity index (χ1) is 8.63. The standard InChI is InChI=1S/C13H21BrN2O2/c1-17-12-7-9(10(14)8-13(12)18-2)11(16)5-3-4-6-15/h7-8,11H,3-6,15-16H2,1-2H3/t11-/m1/s1. The van der Waals surface area contributed by atoms with Crippen LogP contribution in [0.15, 0.2) is 16.6 Å². The van der Waals surface area contributed by atoms with Gasteiger partial charge in [-0.1, -0.05) is 22.4 Å². The van der Waals surface area contributed by atoms with E-state index in [0.29, 0.717) is 18.0 Å². The summed E-state index contributed by atoms with van der Waals surface area (Å²) in [6.45, 7) is 0.708. The van der Waals surface area contributed by atoms with Gasteiger partial charge in [-0.2, -0.15) is 0 Å². The molecule has 0 unspecified atom stereocenters. The Kier molecular flexibility index (Phi) is 6.46. The van der Waals surface area contributed by atoms with Crippen LogP contribution in [0, 0.1) is 0 Å². The normalized spacial score (nSPS) is 12.3. The molecular formula is C13H21BrN2O2. The SMILES string of the molecule is COc1cc(Br)c([C@H](N)CCCCN)cc1OC. The maximum Gasteiger partial charge on any atom is 0.161 e. The number of methoxy groups -OCH3 is 2. The van der Waals surface area contributed by atoms with Crippen LogP contribution in [0.5, 0.6) is 11.5 Å². The lowest BCUT2D eigenvalue weighted by atomic mass is 10.0. The summed E-state index contributed by atoms with van der Waals surface area (Å²) in [5, 5.41) is 0. The quantitative estimate of drug-likeness (QED) is 0.758. The largest absolute Gasteiger partial charge is 0.493 e. The molecule has 0 saturated carbocycles. The zero-order chi connectivity index (χ0) is 13.5. The highest BCUT2D eigenvalue weighted by Crippen LogP contribution is 2.36. The van der Waals surface area contributed by atoms with Crippen LogP contribution in [0.4, 0.5) is 0 Å². The van der Waals surface area contributed by atoms with E-state index in [1.54, 1.807) is 14.2 Å². The molecule has 1 aromatic carbocycles. The number of unbranched alkanes of at least 4 members (excludes halogenated alkanes) is 1. The molecule has 1 rings (SSSR count). The summed E-state index contributed by atoms with van der Waals surface area (Å²) in [5.74, 6) is 1.40. The van der Waals surface area contributed by atoms with Crippen LogP contribution in [0.25, 0.3) is 0 Å². The van der Waals surface area contributed by atoms with Gasteiger partial charge in [0.25, 0.3) is 0 Å². The molecular weight excluding hydrogens is 296 g/mol. The van der Waals surface area contributed by atoms with E-state index in [-0.39, 0.29) is 6.04 Å². The second-order valence-electron chi connectivity index (χ2n) is 4.12. The minimum absolute atomic E-state index is 0.0225. The molecule has 0 aliphatic heterocycles. The molecule has 0 fully saturated rings. The van der Waals surface area contributed by atoms with Crippen molar-refractivity contribution in [1.82, 2.24) is 0 Å². The number of hydrogen-bond donors (Lipinski definition) is 2. The van der Waals surface area contributed by atoms with E-state index >= 15 is 0 Å². The summed E-state index contributed by atoms with van der Waals surface area (Å²) in [7, 11) is 3.24. The van der Waals surface area contributed by atoms with Gasteiger partial charge in [0.05, 0.1) is 14.2 Å². The van der Waals surface area contributed by atoms with Crippen LogP contribution in [-0.4, -0.2) is 20.8 Å². The Hall–Kier alpha value is -0.780. The van der Waals surface area contributed by atoms with Gasteiger partial charge >= 0.3 is 0 Å². The van der Waals surface area contributed by atoms with Crippen molar-refractivity contribution >= 4 is 15.9 Å². The molecule has 5 heteroatoms. The number of nitrogens with two attached hydrogens (primary N) is 2. The van der Waals surface area contributed by atoms with Gasteiger partial charge in [0.1, 0.15) is 0 Å². The second kappa shape index (κ2) is 7.61. The number of halogens is 1. The van der Waals surface area contributed by atoms with Gasteiger partial charge in [0.15, 0.2) is 11.5 Å². The predicted octanol–water partition coefficient (Wildman–Crippen LogP) is 2.60. The van der Waals surface area contributed by atoms with E-state index < -0.39 is 0 Å². The third-order valence-electron chi connectivity index (χ3n) is 2.87. The second-order valence-corrected chi connectivity index (χ2v) is 4.97. The van der Waals surface area contributed by atoms with Gasteiger partial charge in [0.2, 0.25) is 0 Å². The van der Waals surface area contributed by atoms with E-state index in [9.17, 15) is 0 Å². The highest BCUT2D eigenvalue weighted by molar-refractivity contribution is 9.10. The Labute approximate surface area is 117 Å². The Bertz CT molecular complexity index is 385. The topological polar surface area (TPSA) is 70.5 Å². The molecule has 0 aliphatic carbocycles. The van der Waals surface area contributed by atoms with Crippen molar-refractivity contribution in [1.29, 1.82) is 0 Å². The first kappa shape index (κ1) is 15.3. The molecule has 0 aromatic heterocycles. The fourth-order valence-corrected chi connectivity index (χ4v) is 2.43. The Morgan fingerprint density at radius 3 is 2.33 bits per heavy atom. The number of benzene rings is 1. The lowest BCUT2D eigenvalue weighted by Gasteiger charge is -2.17. The molecule has 0 aliphatic rings. The molecule has 0 spiro atoms. The van der Waals surface area contributed by atoms with Crippen LogP contribution in [0.2, 0.25) is 0 Å². The summed E-state index contributed by atoms with van der Waals surface area (Å²) >= 11 is 3.52. The summed E-state index contributed by atoms with van der Waals surface area (Å²) < 4.78 is 11.5. The Balaban J connectivity index is 2.87. The number of ether oxygens (including phenoxy) is 2. The fourth-order valence-electron chi connectivity index (χ4n) is 1.82.